The highest BCUT2D eigenvalue weighted by Gasteiger charge is 2.26. The van der Waals surface area contributed by atoms with Crippen LogP contribution in [0.15, 0.2) is 0 Å². The van der Waals surface area contributed by atoms with E-state index in [0.717, 1.165) is 0 Å². The van der Waals surface area contributed by atoms with Crippen molar-refractivity contribution in [3.63, 3.8) is 0 Å². The Morgan fingerprint density at radius 3 is 2.29 bits per heavy atom. The quantitative estimate of drug-likeness (QED) is 0.687. The first-order valence-corrected chi connectivity index (χ1v) is 5.72. The van der Waals surface area contributed by atoms with Crippen molar-refractivity contribution in [1.29, 1.82) is 0 Å². The Balaban J connectivity index is 3.89. The van der Waals surface area contributed by atoms with Crippen LogP contribution in [-0.4, -0.2) is 23.4 Å². The molecule has 0 aromatic heterocycles. The summed E-state index contributed by atoms with van der Waals surface area (Å²) in [6.45, 7) is 10.8. The van der Waals surface area contributed by atoms with Gasteiger partial charge in [-0.2, -0.15) is 0 Å². The van der Waals surface area contributed by atoms with Gasteiger partial charge in [0.2, 0.25) is 0 Å². The van der Waals surface area contributed by atoms with E-state index in [4.69, 9.17) is 9.84 Å². The first-order valence-electron chi connectivity index (χ1n) is 5.72. The molecular weight excluding hydrogens is 176 g/mol. The molecule has 0 rings (SSSR count). The minimum absolute atomic E-state index is 0.119. The van der Waals surface area contributed by atoms with Crippen molar-refractivity contribution in [2.75, 3.05) is 6.61 Å². The number of hydrogen-bond acceptors (Lipinski definition) is 2. The fourth-order valence-corrected chi connectivity index (χ4v) is 1.34. The van der Waals surface area contributed by atoms with Gasteiger partial charge in [-0.15, -0.1) is 0 Å². The summed E-state index contributed by atoms with van der Waals surface area (Å²) in [5, 5.41) is 9.15. The van der Waals surface area contributed by atoms with E-state index in [9.17, 15) is 0 Å². The number of aliphatic hydroxyl groups excluding tert-OH is 1. The minimum atomic E-state index is -0.368. The number of rotatable bonds is 7. The van der Waals surface area contributed by atoms with Gasteiger partial charge in [0.1, 0.15) is 0 Å². The maximum atomic E-state index is 9.15. The third kappa shape index (κ3) is 5.61. The number of ether oxygens (including phenoxy) is 1. The zero-order chi connectivity index (χ0) is 11.2. The lowest BCUT2D eigenvalue weighted by molar-refractivity contribution is -0.0855. The molecule has 0 saturated carbocycles. The van der Waals surface area contributed by atoms with Crippen molar-refractivity contribution in [2.45, 2.75) is 65.6 Å². The fourth-order valence-electron chi connectivity index (χ4n) is 1.34. The highest BCUT2D eigenvalue weighted by Crippen LogP contribution is 2.25. The predicted molar refractivity (Wildman–Crippen MR) is 60.4 cm³/mol. The van der Waals surface area contributed by atoms with Gasteiger partial charge in [0, 0.05) is 0 Å². The van der Waals surface area contributed by atoms with Crippen LogP contribution in [-0.2, 0) is 4.74 Å². The van der Waals surface area contributed by atoms with Crippen molar-refractivity contribution in [3.8, 4) is 0 Å². The second-order valence-corrected chi connectivity index (χ2v) is 4.81. The van der Waals surface area contributed by atoms with Crippen LogP contribution in [0.5, 0.6) is 0 Å². The Morgan fingerprint density at radius 1 is 1.29 bits per heavy atom. The summed E-state index contributed by atoms with van der Waals surface area (Å²) in [6.07, 6.45) is 3.32. The Hall–Kier alpha value is -0.0800. The summed E-state index contributed by atoms with van der Waals surface area (Å²) in [5.41, 5.74) is -0.119. The molecule has 0 amide bonds. The first kappa shape index (κ1) is 13.9. The van der Waals surface area contributed by atoms with Crippen molar-refractivity contribution < 1.29 is 9.84 Å². The average Bonchev–Trinajstić information content (AvgIpc) is 2.11. The second kappa shape index (κ2) is 6.41. The van der Waals surface area contributed by atoms with E-state index in [-0.39, 0.29) is 11.7 Å². The Labute approximate surface area is 88.7 Å². The third-order valence-corrected chi connectivity index (χ3v) is 2.87. The van der Waals surface area contributed by atoms with E-state index in [1.165, 1.54) is 19.3 Å². The summed E-state index contributed by atoms with van der Waals surface area (Å²) < 4.78 is 5.70. The molecular formula is C12H26O2. The molecule has 0 aromatic rings. The molecule has 0 fully saturated rings. The Bertz CT molecular complexity index is 141. The maximum absolute atomic E-state index is 9.15. The molecule has 0 spiro atoms. The summed E-state index contributed by atoms with van der Waals surface area (Å²) >= 11 is 0. The predicted octanol–water partition coefficient (Wildman–Crippen LogP) is 2.99. The molecule has 2 atom stereocenters. The van der Waals surface area contributed by atoms with Gasteiger partial charge in [-0.1, -0.05) is 26.7 Å². The van der Waals surface area contributed by atoms with Crippen molar-refractivity contribution in [3.05, 3.63) is 0 Å². The third-order valence-electron chi connectivity index (χ3n) is 2.87. The summed E-state index contributed by atoms with van der Waals surface area (Å²) in [5.74, 6) is 0.543. The van der Waals surface area contributed by atoms with Crippen LogP contribution >= 0.6 is 0 Å². The largest absolute Gasteiger partial charge is 0.391 e. The molecule has 2 nitrogen and oxygen atoms in total. The lowest BCUT2D eigenvalue weighted by Crippen LogP contribution is -2.35. The fraction of sp³-hybridized carbons (Fsp3) is 1.00. The highest BCUT2D eigenvalue weighted by molar-refractivity contribution is 4.76. The number of aliphatic hydroxyl groups is 1. The second-order valence-electron chi connectivity index (χ2n) is 4.81. The molecule has 14 heavy (non-hydrogen) atoms. The molecule has 0 saturated heterocycles. The van der Waals surface area contributed by atoms with Crippen LogP contribution in [0.1, 0.15) is 53.9 Å². The molecule has 0 radical (unpaired) electrons. The Morgan fingerprint density at radius 2 is 1.86 bits per heavy atom. The van der Waals surface area contributed by atoms with Crippen LogP contribution in [0, 0.1) is 5.92 Å². The van der Waals surface area contributed by atoms with Gasteiger partial charge in [-0.3, -0.25) is 0 Å². The molecule has 2 heteroatoms. The van der Waals surface area contributed by atoms with E-state index in [1.54, 1.807) is 6.92 Å². The van der Waals surface area contributed by atoms with Crippen molar-refractivity contribution in [2.24, 2.45) is 5.92 Å². The van der Waals surface area contributed by atoms with Gasteiger partial charge in [-0.25, -0.2) is 0 Å². The summed E-state index contributed by atoms with van der Waals surface area (Å²) in [6, 6.07) is 0. The first-order chi connectivity index (χ1) is 6.40. The summed E-state index contributed by atoms with van der Waals surface area (Å²) in [7, 11) is 0. The van der Waals surface area contributed by atoms with E-state index in [2.05, 4.69) is 27.7 Å². The maximum Gasteiger partial charge on any atom is 0.0745 e. The minimum Gasteiger partial charge on any atom is -0.391 e. The lowest BCUT2D eigenvalue weighted by atomic mass is 9.88. The van der Waals surface area contributed by atoms with Crippen molar-refractivity contribution in [1.82, 2.24) is 0 Å². The van der Waals surface area contributed by atoms with Gasteiger partial charge in [0.05, 0.1) is 18.3 Å². The van der Waals surface area contributed by atoms with Gasteiger partial charge in [-0.05, 0) is 33.1 Å². The molecule has 0 aliphatic heterocycles. The smallest absolute Gasteiger partial charge is 0.0745 e. The van der Waals surface area contributed by atoms with Gasteiger partial charge >= 0.3 is 0 Å². The van der Waals surface area contributed by atoms with E-state index >= 15 is 0 Å². The van der Waals surface area contributed by atoms with Crippen LogP contribution < -0.4 is 0 Å². The summed E-state index contributed by atoms with van der Waals surface area (Å²) in [4.78, 5) is 0. The van der Waals surface area contributed by atoms with E-state index < -0.39 is 0 Å². The average molecular weight is 202 g/mol. The van der Waals surface area contributed by atoms with Crippen LogP contribution in [0.4, 0.5) is 0 Å². The van der Waals surface area contributed by atoms with Gasteiger partial charge < -0.3 is 9.84 Å². The number of hydrogen-bond donors (Lipinski definition) is 1. The number of unbranched alkanes of at least 4 members (excludes halogenated alkanes) is 1. The van der Waals surface area contributed by atoms with Crippen LogP contribution in [0.2, 0.25) is 0 Å². The van der Waals surface area contributed by atoms with E-state index in [0.29, 0.717) is 12.5 Å². The van der Waals surface area contributed by atoms with Crippen molar-refractivity contribution >= 4 is 0 Å². The molecule has 0 heterocycles. The standard InChI is InChI=1S/C12H26O2/c1-6-7-8-10(2)12(4,5)14-9-11(3)13/h10-11,13H,6-9H2,1-5H3. The molecule has 86 valence electrons. The topological polar surface area (TPSA) is 29.5 Å². The lowest BCUT2D eigenvalue weighted by Gasteiger charge is -2.32. The van der Waals surface area contributed by atoms with Gasteiger partial charge in [0.25, 0.3) is 0 Å². The molecule has 0 aromatic carbocycles. The van der Waals surface area contributed by atoms with E-state index in [1.807, 2.05) is 0 Å². The van der Waals surface area contributed by atoms with Crippen LogP contribution in [0.3, 0.4) is 0 Å². The highest BCUT2D eigenvalue weighted by atomic mass is 16.5. The Kier molecular flexibility index (Phi) is 6.38. The molecule has 0 aliphatic carbocycles. The zero-order valence-corrected chi connectivity index (χ0v) is 10.3. The zero-order valence-electron chi connectivity index (χ0n) is 10.3. The molecule has 0 bridgehead atoms. The molecule has 1 N–H and O–H groups in total. The normalized spacial score (nSPS) is 16.7. The van der Waals surface area contributed by atoms with Crippen LogP contribution in [0.25, 0.3) is 0 Å². The molecule has 2 unspecified atom stereocenters. The SMILES string of the molecule is CCCCC(C)C(C)(C)OCC(C)O. The monoisotopic (exact) mass is 202 g/mol. The van der Waals surface area contributed by atoms with Gasteiger partial charge in [0.15, 0.2) is 0 Å². The molecule has 0 aliphatic rings.